The molecule has 3 aliphatic rings. The van der Waals surface area contributed by atoms with E-state index in [-0.39, 0.29) is 40.0 Å². The highest BCUT2D eigenvalue weighted by molar-refractivity contribution is 6.33. The number of aromatic hydroxyl groups is 1. The number of aromatic nitrogens is 5. The van der Waals surface area contributed by atoms with E-state index >= 15 is 0 Å². The number of halogens is 4. The Morgan fingerprint density at radius 2 is 2.00 bits per heavy atom. The zero-order valence-electron chi connectivity index (χ0n) is 25.4. The minimum atomic E-state index is -4.60. The lowest BCUT2D eigenvalue weighted by atomic mass is 9.72. The quantitative estimate of drug-likeness (QED) is 0.320. The monoisotopic (exact) mass is 683 g/mol. The van der Waals surface area contributed by atoms with Crippen molar-refractivity contribution in [1.82, 2.24) is 29.0 Å². The standard InChI is InChI=1S/C32H29ClF3N7O5/c33-21-14-19(32(34,35)36)3-4-22(21)38-25(45)16-42-23-5-8-31(9-11-41(17-31)29(47)26-24(44)2-1-10-37-26)15-20(23)28(46)43-30(42)39-27(40-43)18-6-12-48-13-7-18/h1-4,6,10,14,44H,5,7-9,11-13,15-17H2,(H,38,45). The lowest BCUT2D eigenvalue weighted by Crippen LogP contribution is -2.40. The number of carbonyl (C=O) groups excluding carboxylic acids is 2. The number of hydrogen-bond acceptors (Lipinski definition) is 8. The number of anilines is 1. The molecule has 2 amide bonds. The predicted octanol–water partition coefficient (Wildman–Crippen LogP) is 4.13. The number of hydrogen-bond donors (Lipinski definition) is 2. The van der Waals surface area contributed by atoms with Crippen molar-refractivity contribution in [3.05, 3.63) is 86.3 Å². The zero-order chi connectivity index (χ0) is 33.8. The molecule has 1 aromatic carbocycles. The van der Waals surface area contributed by atoms with Crippen LogP contribution in [-0.4, -0.2) is 72.3 Å². The van der Waals surface area contributed by atoms with Crippen LogP contribution in [0.15, 0.2) is 47.4 Å². The first-order chi connectivity index (χ1) is 22.9. The number of fused-ring (bicyclic) bond motifs is 2. The van der Waals surface area contributed by atoms with Crippen molar-refractivity contribution in [1.29, 1.82) is 0 Å². The summed E-state index contributed by atoms with van der Waals surface area (Å²) in [6, 6.07) is 5.61. The van der Waals surface area contributed by atoms with E-state index in [0.29, 0.717) is 75.5 Å². The molecule has 3 aromatic heterocycles. The predicted molar refractivity (Wildman–Crippen MR) is 167 cm³/mol. The highest BCUT2D eigenvalue weighted by atomic mass is 35.5. The largest absolute Gasteiger partial charge is 0.505 e. The molecule has 48 heavy (non-hydrogen) atoms. The fourth-order valence-electron chi connectivity index (χ4n) is 6.79. The highest BCUT2D eigenvalue weighted by Gasteiger charge is 2.45. The number of ether oxygens (including phenoxy) is 1. The first kappa shape index (κ1) is 31.8. The van der Waals surface area contributed by atoms with Gasteiger partial charge in [-0.25, -0.2) is 4.98 Å². The van der Waals surface area contributed by atoms with Crippen LogP contribution in [0.5, 0.6) is 5.75 Å². The van der Waals surface area contributed by atoms with E-state index in [1.807, 2.05) is 6.08 Å². The van der Waals surface area contributed by atoms with Gasteiger partial charge >= 0.3 is 6.18 Å². The molecule has 1 aliphatic carbocycles. The summed E-state index contributed by atoms with van der Waals surface area (Å²) in [5.74, 6) is -0.708. The molecule has 7 rings (SSSR count). The molecule has 4 aromatic rings. The van der Waals surface area contributed by atoms with E-state index in [2.05, 4.69) is 20.4 Å². The van der Waals surface area contributed by atoms with Crippen molar-refractivity contribution in [3.63, 3.8) is 0 Å². The Morgan fingerprint density at radius 1 is 1.17 bits per heavy atom. The van der Waals surface area contributed by atoms with Crippen LogP contribution in [-0.2, 0) is 35.1 Å². The summed E-state index contributed by atoms with van der Waals surface area (Å²) >= 11 is 6.10. The molecule has 2 aliphatic heterocycles. The van der Waals surface area contributed by atoms with Crippen LogP contribution in [0.4, 0.5) is 18.9 Å². The molecule has 1 saturated heterocycles. The lowest BCUT2D eigenvalue weighted by molar-refractivity contribution is -0.137. The number of amides is 2. The Morgan fingerprint density at radius 3 is 2.73 bits per heavy atom. The number of nitrogens with one attached hydrogen (secondary N) is 1. The van der Waals surface area contributed by atoms with Crippen molar-refractivity contribution in [2.24, 2.45) is 5.41 Å². The van der Waals surface area contributed by atoms with Crippen molar-refractivity contribution < 1.29 is 32.6 Å². The number of nitrogens with zero attached hydrogens (tertiary/aromatic N) is 6. The molecule has 2 N–H and O–H groups in total. The van der Waals surface area contributed by atoms with Crippen LogP contribution in [0.1, 0.15) is 52.4 Å². The van der Waals surface area contributed by atoms with E-state index in [1.54, 1.807) is 9.47 Å². The molecule has 0 bridgehead atoms. The Balaban J connectivity index is 1.23. The summed E-state index contributed by atoms with van der Waals surface area (Å²) in [4.78, 5) is 51.1. The van der Waals surface area contributed by atoms with Crippen LogP contribution in [0.25, 0.3) is 11.4 Å². The second-order valence-electron chi connectivity index (χ2n) is 12.3. The van der Waals surface area contributed by atoms with Gasteiger partial charge in [0.25, 0.3) is 11.5 Å². The smallest absolute Gasteiger partial charge is 0.416 e. The Kier molecular flexibility index (Phi) is 7.98. The van der Waals surface area contributed by atoms with Gasteiger partial charge in [0.2, 0.25) is 11.7 Å². The van der Waals surface area contributed by atoms with Gasteiger partial charge in [-0.2, -0.15) is 22.7 Å². The molecule has 0 radical (unpaired) electrons. The van der Waals surface area contributed by atoms with Crippen LogP contribution in [0.2, 0.25) is 5.02 Å². The first-order valence-corrected chi connectivity index (χ1v) is 15.7. The number of pyridine rings is 1. The molecule has 0 saturated carbocycles. The fraction of sp³-hybridized carbons (Fsp3) is 0.375. The summed E-state index contributed by atoms with van der Waals surface area (Å²) < 4.78 is 47.7. The maximum atomic E-state index is 14.0. The van der Waals surface area contributed by atoms with Gasteiger partial charge in [-0.15, -0.1) is 5.10 Å². The van der Waals surface area contributed by atoms with Gasteiger partial charge in [0.15, 0.2) is 11.5 Å². The van der Waals surface area contributed by atoms with Gasteiger partial charge in [-0.1, -0.05) is 17.7 Å². The maximum Gasteiger partial charge on any atom is 0.416 e. The van der Waals surface area contributed by atoms with Crippen LogP contribution >= 0.6 is 11.6 Å². The van der Waals surface area contributed by atoms with Gasteiger partial charge < -0.3 is 24.6 Å². The van der Waals surface area contributed by atoms with Gasteiger partial charge in [0.1, 0.15) is 12.3 Å². The van der Waals surface area contributed by atoms with Crippen LogP contribution in [0, 0.1) is 5.41 Å². The molecule has 16 heteroatoms. The first-order valence-electron chi connectivity index (χ1n) is 15.3. The molecule has 5 heterocycles. The second-order valence-corrected chi connectivity index (χ2v) is 12.7. The van der Waals surface area contributed by atoms with E-state index in [0.717, 1.165) is 23.8 Å². The Labute approximate surface area is 275 Å². The van der Waals surface area contributed by atoms with Crippen LogP contribution < -0.4 is 10.9 Å². The third-order valence-electron chi connectivity index (χ3n) is 9.24. The Hall–Kier alpha value is -4.76. The number of rotatable bonds is 5. The van der Waals surface area contributed by atoms with E-state index in [9.17, 15) is 32.7 Å². The molecule has 250 valence electrons. The summed E-state index contributed by atoms with van der Waals surface area (Å²) in [6.07, 6.45) is 1.14. The maximum absolute atomic E-state index is 14.0. The van der Waals surface area contributed by atoms with E-state index < -0.39 is 29.0 Å². The van der Waals surface area contributed by atoms with Crippen molar-refractivity contribution in [2.45, 2.75) is 44.8 Å². The minimum Gasteiger partial charge on any atom is -0.505 e. The van der Waals surface area contributed by atoms with E-state index in [1.165, 1.54) is 22.8 Å². The summed E-state index contributed by atoms with van der Waals surface area (Å²) in [7, 11) is 0. The number of likely N-dealkylation sites (tertiary alicyclic amines) is 1. The normalized spacial score (nSPS) is 19.4. The fourth-order valence-corrected chi connectivity index (χ4v) is 7.01. The van der Waals surface area contributed by atoms with E-state index in [4.69, 9.17) is 16.3 Å². The van der Waals surface area contributed by atoms with Crippen molar-refractivity contribution >= 4 is 40.5 Å². The van der Waals surface area contributed by atoms with Gasteiger partial charge in [-0.3, -0.25) is 14.4 Å². The minimum absolute atomic E-state index is 0.00345. The van der Waals surface area contributed by atoms with Gasteiger partial charge in [0, 0.05) is 30.5 Å². The average Bonchev–Trinajstić information content (AvgIpc) is 3.70. The number of benzene rings is 1. The third kappa shape index (κ3) is 5.81. The summed E-state index contributed by atoms with van der Waals surface area (Å²) in [6.45, 7) is 1.28. The third-order valence-corrected chi connectivity index (χ3v) is 9.55. The molecular weight excluding hydrogens is 655 g/mol. The number of alkyl halides is 3. The molecule has 12 nitrogen and oxygen atoms in total. The average molecular weight is 684 g/mol. The molecule has 1 spiro atoms. The lowest BCUT2D eigenvalue weighted by Gasteiger charge is -2.35. The highest BCUT2D eigenvalue weighted by Crippen LogP contribution is 2.43. The summed E-state index contributed by atoms with van der Waals surface area (Å²) in [5.41, 5.74) is 0.0585. The molecule has 1 atom stereocenters. The summed E-state index contributed by atoms with van der Waals surface area (Å²) in [5, 5.41) is 17.0. The van der Waals surface area contributed by atoms with Crippen molar-refractivity contribution in [2.75, 3.05) is 31.6 Å². The van der Waals surface area contributed by atoms with Gasteiger partial charge in [-0.05, 0) is 73.4 Å². The molecule has 1 fully saturated rings. The number of carbonyl (C=O) groups is 2. The molecule has 1 unspecified atom stereocenters. The van der Waals surface area contributed by atoms with Crippen molar-refractivity contribution in [3.8, 4) is 5.75 Å². The van der Waals surface area contributed by atoms with Crippen LogP contribution in [0.3, 0.4) is 0 Å². The second kappa shape index (κ2) is 12.0. The van der Waals surface area contributed by atoms with Gasteiger partial charge in [0.05, 0.1) is 29.5 Å². The molecular formula is C32H29ClF3N7O5. The Bertz CT molecular complexity index is 2060. The topological polar surface area (TPSA) is 144 Å². The zero-order valence-corrected chi connectivity index (χ0v) is 26.1. The SMILES string of the molecule is O=C(Cn1c2c(c(=O)n3nc(C4=CCOCC4)nc13)CC1(CC2)CCN(C(=O)c2ncccc2O)C1)Nc1ccc(C(F)(F)F)cc1Cl.